The smallest absolute Gasteiger partial charge is 0.329 e. The van der Waals surface area contributed by atoms with Crippen LogP contribution in [0.15, 0.2) is 54.6 Å². The monoisotopic (exact) mass is 1110 g/mol. The first kappa shape index (κ1) is 68.7. The van der Waals surface area contributed by atoms with Crippen LogP contribution in [0.1, 0.15) is 159 Å². The Kier molecular flexibility index (Phi) is 29.5. The van der Waals surface area contributed by atoms with Crippen molar-refractivity contribution < 1.29 is 57.4 Å². The van der Waals surface area contributed by atoms with Crippen molar-refractivity contribution in [3.8, 4) is 5.75 Å². The molecule has 79 heavy (non-hydrogen) atoms. The van der Waals surface area contributed by atoms with Crippen LogP contribution in [0.4, 0.5) is 0 Å². The third-order valence-electron chi connectivity index (χ3n) is 14.0. The lowest BCUT2D eigenvalue weighted by Gasteiger charge is -2.35. The number of nitrogens with one attached hydrogen (secondary N) is 5. The van der Waals surface area contributed by atoms with E-state index in [0.717, 1.165) is 6.42 Å². The Hall–Kier alpha value is -6.37. The van der Waals surface area contributed by atoms with E-state index in [1.807, 2.05) is 61.5 Å². The molecule has 0 aliphatic rings. The average Bonchev–Trinajstić information content (AvgIpc) is 3.40. The summed E-state index contributed by atoms with van der Waals surface area (Å²) in [6.45, 7) is 23.3. The summed E-state index contributed by atoms with van der Waals surface area (Å²) in [6.07, 6.45) is 1.03. The third kappa shape index (κ3) is 23.9. The molecule has 0 saturated carbocycles. The van der Waals surface area contributed by atoms with E-state index in [4.69, 9.17) is 19.9 Å². The van der Waals surface area contributed by atoms with Gasteiger partial charge in [-0.3, -0.25) is 33.6 Å². The fraction of sp³-hybridized carbons (Fsp3) is 0.650. The minimum absolute atomic E-state index is 0.0280. The van der Waals surface area contributed by atoms with Crippen molar-refractivity contribution in [3.63, 3.8) is 0 Å². The number of ether oxygens (including phenoxy) is 3. The maximum atomic E-state index is 15.0. The number of rotatable bonds is 34. The Labute approximate surface area is 470 Å². The molecule has 19 heteroatoms. The maximum absolute atomic E-state index is 15.0. The lowest BCUT2D eigenvalue weighted by molar-refractivity contribution is -0.159. The highest BCUT2D eigenvalue weighted by molar-refractivity contribution is 5.96. The Morgan fingerprint density at radius 3 is 1.80 bits per heavy atom. The van der Waals surface area contributed by atoms with E-state index >= 15 is 0 Å². The highest BCUT2D eigenvalue weighted by atomic mass is 16.5. The zero-order valence-corrected chi connectivity index (χ0v) is 49.8. The van der Waals surface area contributed by atoms with Gasteiger partial charge in [-0.1, -0.05) is 130 Å². The normalized spacial score (nSPS) is 15.3. The minimum Gasteiger partial charge on any atom is -0.488 e. The second kappa shape index (κ2) is 33.9. The fourth-order valence-electron chi connectivity index (χ4n) is 8.47. The van der Waals surface area contributed by atoms with Crippen LogP contribution in [0.2, 0.25) is 0 Å². The maximum Gasteiger partial charge on any atom is 0.329 e. The van der Waals surface area contributed by atoms with Crippen molar-refractivity contribution in [2.75, 3.05) is 14.1 Å². The molecule has 0 unspecified atom stereocenters. The summed E-state index contributed by atoms with van der Waals surface area (Å²) in [5, 5.41) is 13.6. The Morgan fingerprint density at radius 2 is 1.25 bits per heavy atom. The summed E-state index contributed by atoms with van der Waals surface area (Å²) in [7, 11) is 2.91. The number of hydrogen-bond donors (Lipinski definition) is 6. The molecule has 2 aromatic carbocycles. The van der Waals surface area contributed by atoms with Gasteiger partial charge in [-0.05, 0) is 88.0 Å². The van der Waals surface area contributed by atoms with Crippen LogP contribution in [0.3, 0.4) is 0 Å². The van der Waals surface area contributed by atoms with Gasteiger partial charge in [0.25, 0.3) is 0 Å². The highest BCUT2D eigenvalue weighted by Gasteiger charge is 2.41. The van der Waals surface area contributed by atoms with Crippen molar-refractivity contribution >= 4 is 53.2 Å². The molecule has 0 fully saturated rings. The van der Waals surface area contributed by atoms with Gasteiger partial charge < -0.3 is 51.4 Å². The molecule has 2 rings (SSSR count). The number of hydrogen-bond acceptors (Lipinski definition) is 13. The molecule has 442 valence electrons. The van der Waals surface area contributed by atoms with Gasteiger partial charge in [0.05, 0.1) is 6.04 Å². The number of ketones is 1. The molecule has 7 N–H and O–H groups in total. The van der Waals surface area contributed by atoms with Gasteiger partial charge >= 0.3 is 11.9 Å². The minimum atomic E-state index is -1.68. The van der Waals surface area contributed by atoms with Gasteiger partial charge in [-0.2, -0.15) is 0 Å². The van der Waals surface area contributed by atoms with Gasteiger partial charge in [-0.15, -0.1) is 0 Å². The molecular formula is C60H95N7O12. The van der Waals surface area contributed by atoms with Crippen LogP contribution in [0.25, 0.3) is 0 Å². The first-order chi connectivity index (χ1) is 37.1. The van der Waals surface area contributed by atoms with Gasteiger partial charge in [0, 0.05) is 45.2 Å². The number of benzene rings is 2. The number of amides is 6. The number of esters is 2. The first-order valence-corrected chi connectivity index (χ1v) is 28.2. The van der Waals surface area contributed by atoms with Crippen molar-refractivity contribution in [3.05, 3.63) is 65.7 Å². The van der Waals surface area contributed by atoms with E-state index < -0.39 is 107 Å². The van der Waals surface area contributed by atoms with Crippen LogP contribution < -0.4 is 37.1 Å². The summed E-state index contributed by atoms with van der Waals surface area (Å²) < 4.78 is 17.7. The van der Waals surface area contributed by atoms with Crippen LogP contribution in [-0.2, 0) is 65.7 Å². The Bertz CT molecular complexity index is 2290. The number of nitrogens with zero attached hydrogens (tertiary/aromatic N) is 1. The van der Waals surface area contributed by atoms with Gasteiger partial charge in [0.15, 0.2) is 0 Å². The van der Waals surface area contributed by atoms with E-state index in [-0.39, 0.29) is 62.2 Å². The molecule has 0 spiro atoms. The molecule has 10 atom stereocenters. The molecule has 0 bridgehead atoms. The molecule has 0 aliphatic carbocycles. The fourth-order valence-corrected chi connectivity index (χ4v) is 8.47. The zero-order chi connectivity index (χ0) is 59.7. The van der Waals surface area contributed by atoms with Gasteiger partial charge in [-0.25, -0.2) is 9.59 Å². The van der Waals surface area contributed by atoms with Crippen LogP contribution in [0.5, 0.6) is 5.75 Å². The molecule has 2 aromatic rings. The molecule has 0 aliphatic heterocycles. The highest BCUT2D eigenvalue weighted by Crippen LogP contribution is 2.23. The Balaban J connectivity index is 2.70. The summed E-state index contributed by atoms with van der Waals surface area (Å²) in [5.74, 6) is -7.84. The summed E-state index contributed by atoms with van der Waals surface area (Å²) in [6, 6.07) is 8.61. The molecule has 6 amide bonds. The van der Waals surface area contributed by atoms with Gasteiger partial charge in [0.1, 0.15) is 60.1 Å². The van der Waals surface area contributed by atoms with Gasteiger partial charge in [0.2, 0.25) is 35.4 Å². The SMILES string of the molecule is CCCC[C@H](N)C(=O)N[C@H](C(=O)N(C)[C@@H](Cc1ccc(OC(C)(C)C)cc1)C(=O)N[C@H](C(=O)O[C@H](C)[C@H](NC(=O)[C@H](CCC(=O)NC)CC(=O)C(C)C)C(=O)N[C@@H](CC(C)C)C(=O)OCc1ccccc1)[C@@H](C)CC)[C@@H](C)CC. The van der Waals surface area contributed by atoms with E-state index in [9.17, 15) is 43.2 Å². The molecule has 0 radical (unpaired) electrons. The average molecular weight is 1110 g/mol. The number of nitrogens with two attached hydrogens (primary N) is 1. The number of likely N-dealkylation sites (N-methyl/N-ethyl adjacent to an activating group) is 1. The molecular weight excluding hydrogens is 1010 g/mol. The topological polar surface area (TPSA) is 271 Å². The zero-order valence-electron chi connectivity index (χ0n) is 49.8. The first-order valence-electron chi connectivity index (χ1n) is 28.2. The van der Waals surface area contributed by atoms with E-state index in [2.05, 4.69) is 26.6 Å². The predicted octanol–water partition coefficient (Wildman–Crippen LogP) is 6.26. The Morgan fingerprint density at radius 1 is 0.671 bits per heavy atom. The summed E-state index contributed by atoms with van der Waals surface area (Å²) in [4.78, 5) is 127. The van der Waals surface area contributed by atoms with Crippen molar-refractivity contribution in [1.29, 1.82) is 0 Å². The van der Waals surface area contributed by atoms with Crippen LogP contribution >= 0.6 is 0 Å². The predicted molar refractivity (Wildman–Crippen MR) is 304 cm³/mol. The summed E-state index contributed by atoms with van der Waals surface area (Å²) in [5.41, 5.74) is 7.12. The van der Waals surface area contributed by atoms with Crippen molar-refractivity contribution in [2.45, 2.75) is 209 Å². The largest absolute Gasteiger partial charge is 0.488 e. The van der Waals surface area contributed by atoms with Crippen molar-refractivity contribution in [1.82, 2.24) is 31.5 Å². The molecule has 0 aromatic heterocycles. The molecule has 0 saturated heterocycles. The lowest BCUT2D eigenvalue weighted by atomic mass is 9.91. The van der Waals surface area contributed by atoms with E-state index in [1.165, 1.54) is 25.9 Å². The standard InChI is InChI=1S/C60H95N7O12/c1-16-19-25-45(61)54(71)64-50(38(8)17-2)57(74)67(15)47(33-41-26-29-44(30-27-41)79-60(11,12)13)55(72)65-51(39(9)18-3)59(76)78-40(10)52(66-53(70)43(28-31-49(69)62-14)34-48(68)37(6)7)56(73)63-46(32-36(4)5)58(75)77-35-42-23-21-20-22-24-42/h20-24,26-27,29-30,36-40,43,45-47,50-52H,16-19,25,28,31-35,61H2,1-15H3,(H,62,69)(H,63,73)(H,64,71)(H,65,72)(H,66,70)/t38-,39-,40+,43+,45-,46-,47-,50-,51-,52-/m0/s1. The number of carbonyl (C=O) groups excluding carboxylic acids is 9. The van der Waals surface area contributed by atoms with E-state index in [1.54, 1.807) is 76.2 Å². The van der Waals surface area contributed by atoms with Crippen LogP contribution in [-0.4, -0.2) is 120 Å². The second-order valence-corrected chi connectivity index (χ2v) is 22.7. The summed E-state index contributed by atoms with van der Waals surface area (Å²) >= 11 is 0. The second-order valence-electron chi connectivity index (χ2n) is 22.7. The lowest BCUT2D eigenvalue weighted by Crippen LogP contribution is -2.60. The number of unbranched alkanes of at least 4 members (excludes halogenated alkanes) is 1. The van der Waals surface area contributed by atoms with E-state index in [0.29, 0.717) is 42.6 Å². The van der Waals surface area contributed by atoms with Crippen molar-refractivity contribution in [2.24, 2.45) is 35.3 Å². The van der Waals surface area contributed by atoms with Crippen LogP contribution in [0, 0.1) is 29.6 Å². The third-order valence-corrected chi connectivity index (χ3v) is 14.0. The number of carbonyl (C=O) groups is 9. The molecule has 0 heterocycles. The number of Topliss-reactive ketones (excluding diaryl/α,β-unsaturated/α-hetero) is 1. The quantitative estimate of drug-likeness (QED) is 0.0423. The molecule has 19 nitrogen and oxygen atoms in total.